The van der Waals surface area contributed by atoms with Crippen molar-refractivity contribution in [1.82, 2.24) is 10.6 Å². The minimum atomic E-state index is -0.531. The summed E-state index contributed by atoms with van der Waals surface area (Å²) in [6.45, 7) is 1.82. The van der Waals surface area contributed by atoms with Crippen LogP contribution in [0.25, 0.3) is 0 Å². The molecule has 1 saturated carbocycles. The second-order valence-corrected chi connectivity index (χ2v) is 7.43. The van der Waals surface area contributed by atoms with Gasteiger partial charge in [0.1, 0.15) is 6.61 Å². The SMILES string of the molecule is CC1COC(=O)CCC=CCC(CC(=O)NC2(CO)CCCC2)C(=O)N1. The molecule has 1 aliphatic carbocycles. The number of hydrogen-bond donors (Lipinski definition) is 3. The van der Waals surface area contributed by atoms with Crippen LogP contribution in [0.4, 0.5) is 0 Å². The van der Waals surface area contributed by atoms with E-state index in [4.69, 9.17) is 4.74 Å². The molecule has 3 N–H and O–H groups in total. The quantitative estimate of drug-likeness (QED) is 0.512. The molecule has 1 fully saturated rings. The fourth-order valence-corrected chi connectivity index (χ4v) is 3.50. The molecule has 2 rings (SSSR count). The van der Waals surface area contributed by atoms with E-state index in [1.165, 1.54) is 0 Å². The smallest absolute Gasteiger partial charge is 0.306 e. The number of carbonyl (C=O) groups is 3. The van der Waals surface area contributed by atoms with Gasteiger partial charge in [-0.15, -0.1) is 0 Å². The Balaban J connectivity index is 1.98. The Labute approximate surface area is 154 Å². The van der Waals surface area contributed by atoms with Gasteiger partial charge in [0.15, 0.2) is 0 Å². The van der Waals surface area contributed by atoms with Crippen LogP contribution in [0, 0.1) is 5.92 Å². The van der Waals surface area contributed by atoms with Crippen molar-refractivity contribution in [3.8, 4) is 0 Å². The largest absolute Gasteiger partial charge is 0.463 e. The van der Waals surface area contributed by atoms with Crippen molar-refractivity contribution in [2.75, 3.05) is 13.2 Å². The van der Waals surface area contributed by atoms with Crippen LogP contribution in [0.3, 0.4) is 0 Å². The molecule has 2 atom stereocenters. The number of aliphatic hydroxyl groups is 1. The molecule has 1 aliphatic heterocycles. The van der Waals surface area contributed by atoms with Crippen LogP contribution in [-0.4, -0.2) is 47.7 Å². The molecule has 0 bridgehead atoms. The summed E-state index contributed by atoms with van der Waals surface area (Å²) >= 11 is 0. The van der Waals surface area contributed by atoms with E-state index in [1.54, 1.807) is 6.92 Å². The maximum atomic E-state index is 12.5. The van der Waals surface area contributed by atoms with Crippen LogP contribution in [0.1, 0.15) is 58.3 Å². The molecular weight excluding hydrogens is 336 g/mol. The normalized spacial score (nSPS) is 27.0. The van der Waals surface area contributed by atoms with Crippen molar-refractivity contribution < 1.29 is 24.2 Å². The fourth-order valence-electron chi connectivity index (χ4n) is 3.50. The highest BCUT2D eigenvalue weighted by Gasteiger charge is 2.35. The number of allylic oxidation sites excluding steroid dienone is 2. The standard InChI is InChI=1S/C19H30N2O5/c1-14-12-26-17(24)8-4-2-3-7-15(18(25)20-14)11-16(23)21-19(13-22)9-5-6-10-19/h2-3,14-15,22H,4-13H2,1H3,(H,20,25)(H,21,23). The van der Waals surface area contributed by atoms with E-state index in [1.807, 2.05) is 12.2 Å². The van der Waals surface area contributed by atoms with Crippen LogP contribution < -0.4 is 10.6 Å². The number of aliphatic hydroxyl groups excluding tert-OH is 1. The third-order valence-corrected chi connectivity index (χ3v) is 5.06. The summed E-state index contributed by atoms with van der Waals surface area (Å²) in [5.74, 6) is -1.20. The highest BCUT2D eigenvalue weighted by Crippen LogP contribution is 2.29. The minimum absolute atomic E-state index is 0.0715. The zero-order valence-corrected chi connectivity index (χ0v) is 15.5. The number of amides is 2. The fraction of sp³-hybridized carbons (Fsp3) is 0.737. The average Bonchev–Trinajstić information content (AvgIpc) is 3.06. The molecule has 0 spiro atoms. The zero-order valence-electron chi connectivity index (χ0n) is 15.5. The van der Waals surface area contributed by atoms with Crippen LogP contribution in [-0.2, 0) is 19.1 Å². The maximum absolute atomic E-state index is 12.5. The topological polar surface area (TPSA) is 105 Å². The van der Waals surface area contributed by atoms with E-state index in [-0.39, 0.29) is 43.5 Å². The second-order valence-electron chi connectivity index (χ2n) is 7.43. The molecule has 1 heterocycles. The molecule has 2 unspecified atom stereocenters. The number of cyclic esters (lactones) is 1. The van der Waals surface area contributed by atoms with Gasteiger partial charge in [0, 0.05) is 12.8 Å². The van der Waals surface area contributed by atoms with Crippen molar-refractivity contribution in [2.45, 2.75) is 69.9 Å². The average molecular weight is 366 g/mol. The van der Waals surface area contributed by atoms with E-state index >= 15 is 0 Å². The molecule has 146 valence electrons. The lowest BCUT2D eigenvalue weighted by Crippen LogP contribution is -2.50. The lowest BCUT2D eigenvalue weighted by Gasteiger charge is -2.29. The van der Waals surface area contributed by atoms with E-state index < -0.39 is 11.5 Å². The lowest BCUT2D eigenvalue weighted by atomic mass is 9.95. The molecule has 0 aromatic heterocycles. The number of ether oxygens (including phenoxy) is 1. The van der Waals surface area contributed by atoms with E-state index in [0.717, 1.165) is 25.7 Å². The molecule has 2 amide bonds. The Bertz CT molecular complexity index is 540. The first-order valence-electron chi connectivity index (χ1n) is 9.47. The summed E-state index contributed by atoms with van der Waals surface area (Å²) in [5, 5.41) is 15.4. The predicted molar refractivity (Wildman–Crippen MR) is 96.1 cm³/mol. The maximum Gasteiger partial charge on any atom is 0.306 e. The van der Waals surface area contributed by atoms with Gasteiger partial charge in [-0.3, -0.25) is 14.4 Å². The van der Waals surface area contributed by atoms with Gasteiger partial charge in [-0.25, -0.2) is 0 Å². The summed E-state index contributed by atoms with van der Waals surface area (Å²) in [5.41, 5.74) is -0.531. The Morgan fingerprint density at radius 3 is 2.77 bits per heavy atom. The molecule has 7 nitrogen and oxygen atoms in total. The lowest BCUT2D eigenvalue weighted by molar-refractivity contribution is -0.145. The molecule has 2 aliphatic rings. The number of esters is 1. The molecule has 7 heteroatoms. The van der Waals surface area contributed by atoms with Gasteiger partial charge in [0.2, 0.25) is 11.8 Å². The van der Waals surface area contributed by atoms with Crippen LogP contribution in [0.5, 0.6) is 0 Å². The number of rotatable bonds is 4. The van der Waals surface area contributed by atoms with Gasteiger partial charge in [-0.1, -0.05) is 25.0 Å². The first-order valence-corrected chi connectivity index (χ1v) is 9.47. The van der Waals surface area contributed by atoms with Crippen molar-refractivity contribution in [1.29, 1.82) is 0 Å². The highest BCUT2D eigenvalue weighted by molar-refractivity contribution is 5.86. The predicted octanol–water partition coefficient (Wildman–Crippen LogP) is 1.20. The van der Waals surface area contributed by atoms with Gasteiger partial charge in [0.05, 0.1) is 24.1 Å². The Morgan fingerprint density at radius 2 is 2.08 bits per heavy atom. The molecular formula is C19H30N2O5. The zero-order chi connectivity index (χ0) is 19.0. The third kappa shape index (κ3) is 6.12. The first kappa shape index (κ1) is 20.4. The molecule has 0 saturated heterocycles. The molecule has 0 radical (unpaired) electrons. The number of nitrogens with one attached hydrogen (secondary N) is 2. The highest BCUT2D eigenvalue weighted by atomic mass is 16.5. The summed E-state index contributed by atoms with van der Waals surface area (Å²) in [7, 11) is 0. The van der Waals surface area contributed by atoms with Gasteiger partial charge < -0.3 is 20.5 Å². The van der Waals surface area contributed by atoms with E-state index in [9.17, 15) is 19.5 Å². The van der Waals surface area contributed by atoms with Crippen molar-refractivity contribution >= 4 is 17.8 Å². The van der Waals surface area contributed by atoms with Gasteiger partial charge >= 0.3 is 5.97 Å². The second kappa shape index (κ2) is 9.71. The summed E-state index contributed by atoms with van der Waals surface area (Å²) in [6, 6.07) is -0.306. The van der Waals surface area contributed by atoms with Crippen LogP contribution in [0.2, 0.25) is 0 Å². The summed E-state index contributed by atoms with van der Waals surface area (Å²) < 4.78 is 5.11. The van der Waals surface area contributed by atoms with Crippen molar-refractivity contribution in [3.05, 3.63) is 12.2 Å². The monoisotopic (exact) mass is 366 g/mol. The van der Waals surface area contributed by atoms with Crippen LogP contribution >= 0.6 is 0 Å². The number of hydrogen-bond acceptors (Lipinski definition) is 5. The van der Waals surface area contributed by atoms with Gasteiger partial charge in [-0.05, 0) is 32.6 Å². The summed E-state index contributed by atoms with van der Waals surface area (Å²) in [6.07, 6.45) is 8.59. The Morgan fingerprint density at radius 1 is 1.35 bits per heavy atom. The minimum Gasteiger partial charge on any atom is -0.463 e. The van der Waals surface area contributed by atoms with Crippen molar-refractivity contribution in [2.24, 2.45) is 5.92 Å². The van der Waals surface area contributed by atoms with E-state index in [0.29, 0.717) is 19.3 Å². The molecule has 0 aromatic rings. The molecule has 0 aromatic carbocycles. The van der Waals surface area contributed by atoms with Gasteiger partial charge in [-0.2, -0.15) is 0 Å². The van der Waals surface area contributed by atoms with E-state index in [2.05, 4.69) is 10.6 Å². The summed E-state index contributed by atoms with van der Waals surface area (Å²) in [4.78, 5) is 36.5. The van der Waals surface area contributed by atoms with Crippen molar-refractivity contribution in [3.63, 3.8) is 0 Å². The van der Waals surface area contributed by atoms with Crippen LogP contribution in [0.15, 0.2) is 12.2 Å². The first-order chi connectivity index (χ1) is 12.4. The Kier molecular flexibility index (Phi) is 7.63. The Hall–Kier alpha value is -1.89. The van der Waals surface area contributed by atoms with Gasteiger partial charge in [0.25, 0.3) is 0 Å². The number of carbonyl (C=O) groups excluding carboxylic acids is 3. The molecule has 26 heavy (non-hydrogen) atoms. The third-order valence-electron chi connectivity index (χ3n) is 5.06.